The summed E-state index contributed by atoms with van der Waals surface area (Å²) in [6.07, 6.45) is 1.65. The maximum absolute atomic E-state index is 13.4. The van der Waals surface area contributed by atoms with Crippen LogP contribution in [-0.4, -0.2) is 26.4 Å². The van der Waals surface area contributed by atoms with E-state index in [4.69, 9.17) is 4.74 Å². The average Bonchev–Trinajstić information content (AvgIpc) is 2.90. The van der Waals surface area contributed by atoms with Gasteiger partial charge in [0, 0.05) is 17.4 Å². The summed E-state index contributed by atoms with van der Waals surface area (Å²) in [6.45, 7) is 10.1. The average molecular weight is 544 g/mol. The molecule has 3 aromatic carbocycles. The number of aromatic nitrogens is 1. The van der Waals surface area contributed by atoms with Gasteiger partial charge >= 0.3 is 0 Å². The molecule has 39 heavy (non-hydrogen) atoms. The molecule has 0 spiro atoms. The summed E-state index contributed by atoms with van der Waals surface area (Å²) >= 11 is 0. The highest BCUT2D eigenvalue weighted by atomic mass is 32.2. The molecule has 1 aromatic heterocycles. The first-order chi connectivity index (χ1) is 18.4. The Bertz CT molecular complexity index is 1620. The SMILES string of the molecule is COc1ccc(NC(=O)c2cccnc2-c2cccc(C(C)(C)C)c2)cc1S(=O)(=O)Nc1c(C)cccc1C. The van der Waals surface area contributed by atoms with Gasteiger partial charge in [-0.15, -0.1) is 0 Å². The van der Waals surface area contributed by atoms with Crippen molar-refractivity contribution in [3.63, 3.8) is 0 Å². The molecule has 0 unspecified atom stereocenters. The van der Waals surface area contributed by atoms with Gasteiger partial charge < -0.3 is 10.1 Å². The molecule has 2 N–H and O–H groups in total. The molecule has 0 saturated heterocycles. The number of anilines is 2. The van der Waals surface area contributed by atoms with Gasteiger partial charge in [-0.3, -0.25) is 14.5 Å². The van der Waals surface area contributed by atoms with Crippen molar-refractivity contribution in [2.45, 2.75) is 44.9 Å². The van der Waals surface area contributed by atoms with Gasteiger partial charge in [0.15, 0.2) is 0 Å². The van der Waals surface area contributed by atoms with E-state index in [1.807, 2.05) is 50.2 Å². The van der Waals surface area contributed by atoms with Crippen LogP contribution in [0.2, 0.25) is 0 Å². The van der Waals surface area contributed by atoms with Crippen molar-refractivity contribution in [2.24, 2.45) is 0 Å². The lowest BCUT2D eigenvalue weighted by Gasteiger charge is -2.20. The minimum atomic E-state index is -4.03. The number of aryl methyl sites for hydroxylation is 2. The summed E-state index contributed by atoms with van der Waals surface area (Å²) in [5.74, 6) is -0.247. The quantitative estimate of drug-likeness (QED) is 0.270. The van der Waals surface area contributed by atoms with Gasteiger partial charge in [-0.2, -0.15) is 0 Å². The zero-order chi connectivity index (χ0) is 28.4. The van der Waals surface area contributed by atoms with E-state index >= 15 is 0 Å². The fourth-order valence-corrected chi connectivity index (χ4v) is 5.68. The number of benzene rings is 3. The van der Waals surface area contributed by atoms with Gasteiger partial charge in [0.1, 0.15) is 10.6 Å². The minimum Gasteiger partial charge on any atom is -0.495 e. The number of ether oxygens (including phenoxy) is 1. The molecule has 4 rings (SSSR count). The number of pyridine rings is 1. The Hall–Kier alpha value is -4.17. The molecule has 0 bridgehead atoms. The number of hydrogen-bond acceptors (Lipinski definition) is 5. The number of carbonyl (C=O) groups excluding carboxylic acids is 1. The molecule has 4 aromatic rings. The number of nitrogens with zero attached hydrogens (tertiary/aromatic N) is 1. The zero-order valence-corrected chi connectivity index (χ0v) is 23.8. The lowest BCUT2D eigenvalue weighted by Crippen LogP contribution is -2.17. The normalized spacial score (nSPS) is 11.6. The molecule has 7 nitrogen and oxygen atoms in total. The van der Waals surface area contributed by atoms with Crippen LogP contribution in [0.5, 0.6) is 5.75 Å². The van der Waals surface area contributed by atoms with Gasteiger partial charge in [0.25, 0.3) is 15.9 Å². The van der Waals surface area contributed by atoms with Crippen molar-refractivity contribution in [1.82, 2.24) is 4.98 Å². The second kappa shape index (κ2) is 10.9. The van der Waals surface area contributed by atoms with Crippen molar-refractivity contribution in [3.8, 4) is 17.0 Å². The predicted molar refractivity (Wildman–Crippen MR) is 156 cm³/mol. The molecular formula is C31H33N3O4S. The minimum absolute atomic E-state index is 0.0664. The second-order valence-electron chi connectivity index (χ2n) is 10.4. The molecule has 8 heteroatoms. The smallest absolute Gasteiger partial charge is 0.265 e. The first kappa shape index (κ1) is 27.9. The summed E-state index contributed by atoms with van der Waals surface area (Å²) in [5, 5.41) is 2.84. The van der Waals surface area contributed by atoms with Gasteiger partial charge in [-0.25, -0.2) is 8.42 Å². The first-order valence-corrected chi connectivity index (χ1v) is 14.0. The van der Waals surface area contributed by atoms with Crippen LogP contribution in [0.15, 0.2) is 83.9 Å². The summed E-state index contributed by atoms with van der Waals surface area (Å²) in [5.41, 5.74) is 5.19. The zero-order valence-electron chi connectivity index (χ0n) is 23.0. The lowest BCUT2D eigenvalue weighted by atomic mass is 9.85. The molecule has 0 aliphatic rings. The molecule has 1 heterocycles. The van der Waals surface area contributed by atoms with Crippen LogP contribution in [-0.2, 0) is 15.4 Å². The maximum Gasteiger partial charge on any atom is 0.265 e. The summed E-state index contributed by atoms with van der Waals surface area (Å²) < 4.78 is 34.9. The van der Waals surface area contributed by atoms with Gasteiger partial charge in [-0.1, -0.05) is 57.2 Å². The number of hydrogen-bond donors (Lipinski definition) is 2. The van der Waals surface area contributed by atoms with E-state index in [2.05, 4.69) is 41.9 Å². The van der Waals surface area contributed by atoms with Gasteiger partial charge in [-0.05, 0) is 72.4 Å². The summed E-state index contributed by atoms with van der Waals surface area (Å²) in [6, 6.07) is 21.4. The van der Waals surface area contributed by atoms with Crippen LogP contribution >= 0.6 is 0 Å². The Morgan fingerprint density at radius 1 is 0.897 bits per heavy atom. The number of amides is 1. The lowest BCUT2D eigenvalue weighted by molar-refractivity contribution is 0.102. The van der Waals surface area contributed by atoms with Crippen molar-refractivity contribution in [2.75, 3.05) is 17.1 Å². The fourth-order valence-electron chi connectivity index (χ4n) is 4.28. The van der Waals surface area contributed by atoms with Crippen LogP contribution in [0, 0.1) is 13.8 Å². The predicted octanol–water partition coefficient (Wildman–Crippen LogP) is 6.72. The van der Waals surface area contributed by atoms with Crippen LogP contribution in [0.25, 0.3) is 11.3 Å². The number of rotatable bonds is 7. The van der Waals surface area contributed by atoms with E-state index in [1.165, 1.54) is 19.2 Å². The highest BCUT2D eigenvalue weighted by Crippen LogP contribution is 2.32. The van der Waals surface area contributed by atoms with Crippen LogP contribution in [0.4, 0.5) is 11.4 Å². The van der Waals surface area contributed by atoms with E-state index in [-0.39, 0.29) is 16.1 Å². The standard InChI is InChI=1S/C31H33N3O4S/c1-20-10-7-11-21(2)28(20)34-39(36,37)27-19-24(15-16-26(27)38-6)33-30(35)25-14-9-17-32-29(25)22-12-8-13-23(18-22)31(3,4)5/h7-19,34H,1-6H3,(H,33,35). The molecule has 0 fully saturated rings. The van der Waals surface area contributed by atoms with E-state index < -0.39 is 15.9 Å². The number of sulfonamides is 1. The number of carbonyl (C=O) groups is 1. The van der Waals surface area contributed by atoms with Crippen molar-refractivity contribution in [3.05, 3.63) is 101 Å². The highest BCUT2D eigenvalue weighted by molar-refractivity contribution is 7.92. The van der Waals surface area contributed by atoms with Crippen LogP contribution in [0.3, 0.4) is 0 Å². The van der Waals surface area contributed by atoms with E-state index in [0.29, 0.717) is 22.6 Å². The largest absolute Gasteiger partial charge is 0.495 e. The summed E-state index contributed by atoms with van der Waals surface area (Å²) in [7, 11) is -2.63. The molecule has 0 radical (unpaired) electrons. The van der Waals surface area contributed by atoms with Crippen molar-refractivity contribution >= 4 is 27.3 Å². The molecule has 1 amide bonds. The molecule has 202 valence electrons. The Labute approximate surface area is 230 Å². The maximum atomic E-state index is 13.4. The summed E-state index contributed by atoms with van der Waals surface area (Å²) in [4.78, 5) is 17.8. The Morgan fingerprint density at radius 2 is 1.59 bits per heavy atom. The van der Waals surface area contributed by atoms with Crippen LogP contribution in [0.1, 0.15) is 47.8 Å². The Kier molecular flexibility index (Phi) is 7.79. The van der Waals surface area contributed by atoms with E-state index in [9.17, 15) is 13.2 Å². The molecule has 0 saturated carbocycles. The first-order valence-electron chi connectivity index (χ1n) is 12.5. The van der Waals surface area contributed by atoms with Gasteiger partial charge in [0.2, 0.25) is 0 Å². The van der Waals surface area contributed by atoms with Crippen LogP contribution < -0.4 is 14.8 Å². The third-order valence-electron chi connectivity index (χ3n) is 6.48. The number of para-hydroxylation sites is 1. The van der Waals surface area contributed by atoms with Crippen molar-refractivity contribution < 1.29 is 17.9 Å². The molecule has 0 atom stereocenters. The third kappa shape index (κ3) is 6.12. The number of nitrogens with one attached hydrogen (secondary N) is 2. The van der Waals surface area contributed by atoms with E-state index in [0.717, 1.165) is 22.3 Å². The monoisotopic (exact) mass is 543 g/mol. The molecule has 0 aliphatic carbocycles. The Morgan fingerprint density at radius 3 is 2.26 bits per heavy atom. The van der Waals surface area contributed by atoms with Crippen molar-refractivity contribution in [1.29, 1.82) is 0 Å². The second-order valence-corrected chi connectivity index (χ2v) is 12.1. The topological polar surface area (TPSA) is 97.4 Å². The molecule has 0 aliphatic heterocycles. The fraction of sp³-hybridized carbons (Fsp3) is 0.226. The Balaban J connectivity index is 1.68. The van der Waals surface area contributed by atoms with E-state index in [1.54, 1.807) is 24.4 Å². The number of methoxy groups -OCH3 is 1. The molecular weight excluding hydrogens is 510 g/mol. The van der Waals surface area contributed by atoms with Gasteiger partial charge in [0.05, 0.1) is 24.1 Å². The third-order valence-corrected chi connectivity index (χ3v) is 7.85. The highest BCUT2D eigenvalue weighted by Gasteiger charge is 2.23.